The van der Waals surface area contributed by atoms with E-state index in [1.807, 2.05) is 6.92 Å². The van der Waals surface area contributed by atoms with Crippen molar-refractivity contribution in [3.05, 3.63) is 28.8 Å². The molecule has 5 nitrogen and oxygen atoms in total. The number of hydrogen-bond donors (Lipinski definition) is 2. The zero-order chi connectivity index (χ0) is 16.0. The molecule has 6 heteroatoms. The monoisotopic (exact) mass is 312 g/mol. The summed E-state index contributed by atoms with van der Waals surface area (Å²) in [7, 11) is 0. The average molecular weight is 313 g/mol. The third-order valence-electron chi connectivity index (χ3n) is 3.35. The highest BCUT2D eigenvalue weighted by Gasteiger charge is 2.17. The second kappa shape index (κ2) is 7.88. The van der Waals surface area contributed by atoms with E-state index in [1.165, 1.54) is 12.1 Å². The molecule has 1 aromatic rings. The van der Waals surface area contributed by atoms with Crippen molar-refractivity contribution in [2.24, 2.45) is 5.92 Å². The molecule has 2 amide bonds. The van der Waals surface area contributed by atoms with E-state index in [0.29, 0.717) is 24.0 Å². The van der Waals surface area contributed by atoms with Crippen molar-refractivity contribution in [3.8, 4) is 0 Å². The van der Waals surface area contributed by atoms with Gasteiger partial charge in [0.2, 0.25) is 0 Å². The zero-order valence-electron chi connectivity index (χ0n) is 12.5. The number of halogens is 1. The second-order valence-corrected chi connectivity index (χ2v) is 5.41. The van der Waals surface area contributed by atoms with Gasteiger partial charge in [0.05, 0.1) is 11.3 Å². The lowest BCUT2D eigenvalue weighted by Crippen LogP contribution is -2.38. The van der Waals surface area contributed by atoms with Crippen LogP contribution < -0.4 is 5.32 Å². The molecule has 116 valence electrons. The number of hydrogen-bond acceptors (Lipinski definition) is 2. The molecule has 0 aliphatic rings. The largest absolute Gasteiger partial charge is 0.478 e. The van der Waals surface area contributed by atoms with E-state index in [1.54, 1.807) is 11.0 Å². The summed E-state index contributed by atoms with van der Waals surface area (Å²) in [5.41, 5.74) is 0.231. The number of amides is 2. The van der Waals surface area contributed by atoms with Gasteiger partial charge in [0.1, 0.15) is 0 Å². The number of nitrogens with one attached hydrogen (secondary N) is 1. The van der Waals surface area contributed by atoms with E-state index < -0.39 is 5.97 Å². The first-order valence-corrected chi connectivity index (χ1v) is 7.35. The normalized spacial score (nSPS) is 11.8. The minimum Gasteiger partial charge on any atom is -0.478 e. The van der Waals surface area contributed by atoms with Crippen LogP contribution in [-0.4, -0.2) is 35.1 Å². The predicted octanol–water partition coefficient (Wildman–Crippen LogP) is 3.94. The van der Waals surface area contributed by atoms with E-state index in [0.717, 1.165) is 6.42 Å². The van der Waals surface area contributed by atoms with Gasteiger partial charge in [-0.3, -0.25) is 0 Å². The first-order chi connectivity index (χ1) is 9.88. The lowest BCUT2D eigenvalue weighted by molar-refractivity contribution is 0.0698. The number of carbonyl (C=O) groups excluding carboxylic acids is 1. The molecule has 0 aliphatic carbocycles. The number of benzene rings is 1. The van der Waals surface area contributed by atoms with Crippen molar-refractivity contribution in [3.63, 3.8) is 0 Å². The van der Waals surface area contributed by atoms with Crippen LogP contribution in [0.2, 0.25) is 5.02 Å². The summed E-state index contributed by atoms with van der Waals surface area (Å²) in [5, 5.41) is 12.1. The third kappa shape index (κ3) is 4.93. The SMILES string of the molecule is CCC(C)CN(CC)C(=O)Nc1ccc(Cl)cc1C(=O)O. The highest BCUT2D eigenvalue weighted by molar-refractivity contribution is 6.31. The molecule has 0 spiro atoms. The van der Waals surface area contributed by atoms with Crippen LogP contribution in [-0.2, 0) is 0 Å². The van der Waals surface area contributed by atoms with E-state index in [2.05, 4.69) is 19.2 Å². The standard InChI is InChI=1S/C15H21ClN2O3/c1-4-10(3)9-18(5-2)15(21)17-13-7-6-11(16)8-12(13)14(19)20/h6-8,10H,4-5,9H2,1-3H3,(H,17,21)(H,19,20). The minimum atomic E-state index is -1.13. The molecule has 0 radical (unpaired) electrons. The van der Waals surface area contributed by atoms with Gasteiger partial charge >= 0.3 is 12.0 Å². The Labute approximate surface area is 129 Å². The number of nitrogens with zero attached hydrogens (tertiary/aromatic N) is 1. The molecular formula is C15H21ClN2O3. The first-order valence-electron chi connectivity index (χ1n) is 6.97. The molecular weight excluding hydrogens is 292 g/mol. The maximum Gasteiger partial charge on any atom is 0.337 e. The van der Waals surface area contributed by atoms with Gasteiger partial charge in [-0.2, -0.15) is 0 Å². The minimum absolute atomic E-state index is 0.0181. The Morgan fingerprint density at radius 2 is 2.05 bits per heavy atom. The van der Waals surface area contributed by atoms with Gasteiger partial charge in [-0.05, 0) is 31.0 Å². The summed E-state index contributed by atoms with van der Waals surface area (Å²) in [6.07, 6.45) is 0.977. The Morgan fingerprint density at radius 3 is 2.57 bits per heavy atom. The maximum absolute atomic E-state index is 12.2. The predicted molar refractivity (Wildman–Crippen MR) is 84.1 cm³/mol. The van der Waals surface area contributed by atoms with Crippen molar-refractivity contribution in [1.82, 2.24) is 4.90 Å². The van der Waals surface area contributed by atoms with Gasteiger partial charge in [-0.1, -0.05) is 31.9 Å². The van der Waals surface area contributed by atoms with Crippen LogP contribution in [0.4, 0.5) is 10.5 Å². The van der Waals surface area contributed by atoms with Crippen molar-refractivity contribution in [2.45, 2.75) is 27.2 Å². The van der Waals surface area contributed by atoms with Crippen LogP contribution in [0.3, 0.4) is 0 Å². The van der Waals surface area contributed by atoms with E-state index in [9.17, 15) is 9.59 Å². The number of carboxylic acid groups (broad SMARTS) is 1. The fourth-order valence-electron chi connectivity index (χ4n) is 1.86. The molecule has 0 fully saturated rings. The summed E-state index contributed by atoms with van der Waals surface area (Å²) in [6, 6.07) is 4.07. The lowest BCUT2D eigenvalue weighted by atomic mass is 10.1. The first kappa shape index (κ1) is 17.3. The molecule has 0 bridgehead atoms. The van der Waals surface area contributed by atoms with E-state index in [4.69, 9.17) is 16.7 Å². The van der Waals surface area contributed by atoms with Gasteiger partial charge in [-0.25, -0.2) is 9.59 Å². The Balaban J connectivity index is 2.89. The second-order valence-electron chi connectivity index (χ2n) is 4.98. The van der Waals surface area contributed by atoms with Crippen molar-refractivity contribution < 1.29 is 14.7 Å². The summed E-state index contributed by atoms with van der Waals surface area (Å²) in [4.78, 5) is 25.1. The fraction of sp³-hybridized carbons (Fsp3) is 0.467. The molecule has 0 saturated heterocycles. The van der Waals surface area contributed by atoms with Crippen LogP contribution in [0, 0.1) is 5.92 Å². The number of carboxylic acids is 1. The number of anilines is 1. The van der Waals surface area contributed by atoms with Crippen LogP contribution in [0.5, 0.6) is 0 Å². The molecule has 0 saturated carbocycles. The molecule has 1 atom stereocenters. The number of aromatic carboxylic acids is 1. The molecule has 1 rings (SSSR count). The highest BCUT2D eigenvalue weighted by atomic mass is 35.5. The topological polar surface area (TPSA) is 69.6 Å². The Hall–Kier alpha value is -1.75. The molecule has 21 heavy (non-hydrogen) atoms. The smallest absolute Gasteiger partial charge is 0.337 e. The molecule has 2 N–H and O–H groups in total. The van der Waals surface area contributed by atoms with E-state index in [-0.39, 0.29) is 17.3 Å². The van der Waals surface area contributed by atoms with Crippen LogP contribution >= 0.6 is 11.6 Å². The quantitative estimate of drug-likeness (QED) is 0.836. The van der Waals surface area contributed by atoms with Crippen LogP contribution in [0.1, 0.15) is 37.6 Å². The number of urea groups is 1. The number of carbonyl (C=O) groups is 2. The van der Waals surface area contributed by atoms with E-state index >= 15 is 0 Å². The highest BCUT2D eigenvalue weighted by Crippen LogP contribution is 2.21. The Morgan fingerprint density at radius 1 is 1.38 bits per heavy atom. The van der Waals surface area contributed by atoms with Gasteiger partial charge in [0, 0.05) is 18.1 Å². The average Bonchev–Trinajstić information content (AvgIpc) is 2.45. The van der Waals surface area contributed by atoms with Gasteiger partial charge in [0.25, 0.3) is 0 Å². The lowest BCUT2D eigenvalue weighted by Gasteiger charge is -2.24. The summed E-state index contributed by atoms with van der Waals surface area (Å²) in [5.74, 6) is -0.738. The Kier molecular flexibility index (Phi) is 6.49. The third-order valence-corrected chi connectivity index (χ3v) is 3.59. The summed E-state index contributed by atoms with van der Waals surface area (Å²) < 4.78 is 0. The fourth-order valence-corrected chi connectivity index (χ4v) is 2.03. The molecule has 0 aliphatic heterocycles. The molecule has 1 unspecified atom stereocenters. The van der Waals surface area contributed by atoms with Crippen molar-refractivity contribution >= 4 is 29.3 Å². The van der Waals surface area contributed by atoms with Crippen LogP contribution in [0.25, 0.3) is 0 Å². The van der Waals surface area contributed by atoms with Gasteiger partial charge < -0.3 is 15.3 Å². The molecule has 0 aromatic heterocycles. The molecule has 1 aromatic carbocycles. The summed E-state index contributed by atoms with van der Waals surface area (Å²) >= 11 is 5.79. The van der Waals surface area contributed by atoms with Gasteiger partial charge in [-0.15, -0.1) is 0 Å². The van der Waals surface area contributed by atoms with Crippen molar-refractivity contribution in [2.75, 3.05) is 18.4 Å². The van der Waals surface area contributed by atoms with Gasteiger partial charge in [0.15, 0.2) is 0 Å². The molecule has 0 heterocycles. The number of rotatable bonds is 6. The van der Waals surface area contributed by atoms with Crippen LogP contribution in [0.15, 0.2) is 18.2 Å². The van der Waals surface area contributed by atoms with Crippen molar-refractivity contribution in [1.29, 1.82) is 0 Å². The summed E-state index contributed by atoms with van der Waals surface area (Å²) in [6.45, 7) is 7.22. The maximum atomic E-state index is 12.2. The Bertz CT molecular complexity index is 520. The zero-order valence-corrected chi connectivity index (χ0v) is 13.3.